The van der Waals surface area contributed by atoms with E-state index in [9.17, 15) is 13.2 Å². The van der Waals surface area contributed by atoms with E-state index in [4.69, 9.17) is 0 Å². The normalized spacial score (nSPS) is 20.3. The molecule has 1 fully saturated rings. The molecule has 0 saturated carbocycles. The lowest BCUT2D eigenvalue weighted by Gasteiger charge is -2.26. The van der Waals surface area contributed by atoms with Crippen LogP contribution in [0, 0.1) is 13.8 Å². The quantitative estimate of drug-likeness (QED) is 0.815. The SMILES string of the molecule is Cc1ccc(C)c(C2CCCN2S(=O)(=O)c2ccc3c(c2)CC(=O)N3C)c1. The molecule has 4 rings (SSSR count). The molecule has 0 spiro atoms. The number of carbonyl (C=O) groups excluding carboxylic acids is 1. The number of nitrogens with zero attached hydrogens (tertiary/aromatic N) is 2. The molecule has 2 aliphatic heterocycles. The maximum Gasteiger partial charge on any atom is 0.243 e. The third-order valence-corrected chi connectivity index (χ3v) is 7.64. The highest BCUT2D eigenvalue weighted by molar-refractivity contribution is 7.89. The van der Waals surface area contributed by atoms with Gasteiger partial charge in [-0.05, 0) is 61.6 Å². The molecule has 0 aliphatic carbocycles. The summed E-state index contributed by atoms with van der Waals surface area (Å²) in [7, 11) is -1.90. The first-order chi connectivity index (χ1) is 12.8. The largest absolute Gasteiger partial charge is 0.315 e. The Labute approximate surface area is 160 Å². The van der Waals surface area contributed by atoms with E-state index in [1.165, 1.54) is 0 Å². The predicted molar refractivity (Wildman–Crippen MR) is 105 cm³/mol. The van der Waals surface area contributed by atoms with Crippen LogP contribution in [0.3, 0.4) is 0 Å². The molecule has 0 bridgehead atoms. The molecule has 2 aromatic carbocycles. The molecule has 1 unspecified atom stereocenters. The van der Waals surface area contributed by atoms with Gasteiger partial charge < -0.3 is 4.90 Å². The van der Waals surface area contributed by atoms with Crippen molar-refractivity contribution in [1.82, 2.24) is 4.31 Å². The van der Waals surface area contributed by atoms with Gasteiger partial charge >= 0.3 is 0 Å². The molecule has 5 nitrogen and oxygen atoms in total. The average Bonchev–Trinajstić information content (AvgIpc) is 3.23. The van der Waals surface area contributed by atoms with E-state index in [1.807, 2.05) is 13.8 Å². The molecular formula is C21H24N2O3S. The van der Waals surface area contributed by atoms with Crippen molar-refractivity contribution in [3.05, 3.63) is 58.7 Å². The van der Waals surface area contributed by atoms with Crippen molar-refractivity contribution in [1.29, 1.82) is 0 Å². The van der Waals surface area contributed by atoms with E-state index >= 15 is 0 Å². The summed E-state index contributed by atoms with van der Waals surface area (Å²) >= 11 is 0. The number of anilines is 1. The third-order valence-electron chi connectivity index (χ3n) is 5.73. The number of carbonyl (C=O) groups is 1. The van der Waals surface area contributed by atoms with Crippen LogP contribution in [-0.2, 0) is 21.2 Å². The summed E-state index contributed by atoms with van der Waals surface area (Å²) in [5.41, 5.74) is 4.93. The summed E-state index contributed by atoms with van der Waals surface area (Å²) in [6.07, 6.45) is 1.94. The highest BCUT2D eigenvalue weighted by Gasteiger charge is 2.37. The molecule has 0 radical (unpaired) electrons. The second-order valence-corrected chi connectivity index (χ2v) is 9.44. The molecule has 27 heavy (non-hydrogen) atoms. The first-order valence-corrected chi connectivity index (χ1v) is 10.7. The number of sulfonamides is 1. The van der Waals surface area contributed by atoms with Gasteiger partial charge in [0.2, 0.25) is 15.9 Å². The monoisotopic (exact) mass is 384 g/mol. The number of hydrogen-bond acceptors (Lipinski definition) is 3. The van der Waals surface area contributed by atoms with Crippen molar-refractivity contribution in [3.63, 3.8) is 0 Å². The Morgan fingerprint density at radius 1 is 1.07 bits per heavy atom. The number of aryl methyl sites for hydroxylation is 2. The molecule has 1 saturated heterocycles. The minimum atomic E-state index is -3.62. The highest BCUT2D eigenvalue weighted by atomic mass is 32.2. The topological polar surface area (TPSA) is 57.7 Å². The van der Waals surface area contributed by atoms with Crippen LogP contribution in [0.25, 0.3) is 0 Å². The van der Waals surface area contributed by atoms with Crippen LogP contribution in [0.2, 0.25) is 0 Å². The van der Waals surface area contributed by atoms with Crippen molar-refractivity contribution in [2.45, 2.75) is 44.0 Å². The van der Waals surface area contributed by atoms with Crippen molar-refractivity contribution in [2.75, 3.05) is 18.5 Å². The summed E-state index contributed by atoms with van der Waals surface area (Å²) in [4.78, 5) is 13.8. The fraction of sp³-hybridized carbons (Fsp3) is 0.381. The van der Waals surface area contributed by atoms with Crippen LogP contribution in [0.15, 0.2) is 41.3 Å². The van der Waals surface area contributed by atoms with Crippen molar-refractivity contribution >= 4 is 21.6 Å². The van der Waals surface area contributed by atoms with Crippen LogP contribution in [0.4, 0.5) is 5.69 Å². The van der Waals surface area contributed by atoms with Crippen LogP contribution in [0.1, 0.15) is 41.1 Å². The molecule has 142 valence electrons. The van der Waals surface area contributed by atoms with Crippen LogP contribution >= 0.6 is 0 Å². The van der Waals surface area contributed by atoms with Gasteiger partial charge in [0.05, 0.1) is 17.4 Å². The van der Waals surface area contributed by atoms with E-state index in [0.29, 0.717) is 6.54 Å². The number of hydrogen-bond donors (Lipinski definition) is 0. The Morgan fingerprint density at radius 2 is 1.85 bits per heavy atom. The van der Waals surface area contributed by atoms with Crippen molar-refractivity contribution in [3.8, 4) is 0 Å². The summed E-state index contributed by atoms with van der Waals surface area (Å²) in [6, 6.07) is 11.1. The van der Waals surface area contributed by atoms with Gasteiger partial charge in [0.25, 0.3) is 0 Å². The van der Waals surface area contributed by atoms with E-state index in [1.54, 1.807) is 34.5 Å². The number of benzene rings is 2. The number of fused-ring (bicyclic) bond motifs is 1. The fourth-order valence-corrected chi connectivity index (χ4v) is 5.93. The molecule has 2 heterocycles. The Bertz CT molecular complexity index is 1030. The zero-order valence-corrected chi connectivity index (χ0v) is 16.7. The average molecular weight is 385 g/mol. The standard InChI is InChI=1S/C21H24N2O3S/c1-14-6-7-15(2)18(11-14)20-5-4-10-23(20)27(25,26)17-8-9-19-16(12-17)13-21(24)22(19)3/h6-9,11-12,20H,4-5,10,13H2,1-3H3. The second-order valence-electron chi connectivity index (χ2n) is 7.55. The maximum absolute atomic E-state index is 13.4. The van der Waals surface area contributed by atoms with Crippen LogP contribution < -0.4 is 4.90 Å². The van der Waals surface area contributed by atoms with Gasteiger partial charge in [0, 0.05) is 19.3 Å². The van der Waals surface area contributed by atoms with Gasteiger partial charge in [-0.25, -0.2) is 8.42 Å². The first kappa shape index (κ1) is 18.2. The lowest BCUT2D eigenvalue weighted by Crippen LogP contribution is -2.31. The van der Waals surface area contributed by atoms with Crippen LogP contribution in [-0.4, -0.2) is 32.2 Å². The van der Waals surface area contributed by atoms with Gasteiger partial charge in [0.1, 0.15) is 0 Å². The molecule has 2 aromatic rings. The molecule has 1 atom stereocenters. The molecule has 1 amide bonds. The summed E-state index contributed by atoms with van der Waals surface area (Å²) in [5.74, 6) is -0.00557. The number of likely N-dealkylation sites (N-methyl/N-ethyl adjacent to an activating group) is 1. The van der Waals surface area contributed by atoms with E-state index in [2.05, 4.69) is 18.2 Å². The Balaban J connectivity index is 1.73. The lowest BCUT2D eigenvalue weighted by molar-refractivity contribution is -0.117. The molecule has 2 aliphatic rings. The zero-order chi connectivity index (χ0) is 19.3. The van der Waals surface area contributed by atoms with E-state index in [-0.39, 0.29) is 23.3 Å². The number of rotatable bonds is 3. The maximum atomic E-state index is 13.4. The minimum Gasteiger partial charge on any atom is -0.315 e. The summed E-state index contributed by atoms with van der Waals surface area (Å²) in [6.45, 7) is 4.59. The second kappa shape index (κ2) is 6.46. The molecule has 0 N–H and O–H groups in total. The first-order valence-electron chi connectivity index (χ1n) is 9.27. The van der Waals surface area contributed by atoms with Crippen LogP contribution in [0.5, 0.6) is 0 Å². The van der Waals surface area contributed by atoms with Gasteiger partial charge in [-0.2, -0.15) is 4.31 Å². The van der Waals surface area contributed by atoms with Gasteiger partial charge in [-0.15, -0.1) is 0 Å². The Morgan fingerprint density at radius 3 is 2.63 bits per heavy atom. The Hall–Kier alpha value is -2.18. The minimum absolute atomic E-state index is 0.00557. The van der Waals surface area contributed by atoms with E-state index < -0.39 is 10.0 Å². The fourth-order valence-electron chi connectivity index (χ4n) is 4.20. The Kier molecular flexibility index (Phi) is 4.35. The smallest absolute Gasteiger partial charge is 0.243 e. The molecule has 0 aromatic heterocycles. The number of amides is 1. The third kappa shape index (κ3) is 2.97. The lowest BCUT2D eigenvalue weighted by atomic mass is 9.98. The summed E-state index contributed by atoms with van der Waals surface area (Å²) < 4.78 is 28.4. The predicted octanol–water partition coefficient (Wildman–Crippen LogP) is 3.35. The zero-order valence-electron chi connectivity index (χ0n) is 15.9. The summed E-state index contributed by atoms with van der Waals surface area (Å²) in [5, 5.41) is 0. The van der Waals surface area contributed by atoms with Crippen molar-refractivity contribution in [2.24, 2.45) is 0 Å². The highest BCUT2D eigenvalue weighted by Crippen LogP contribution is 2.39. The van der Waals surface area contributed by atoms with Gasteiger partial charge in [-0.3, -0.25) is 4.79 Å². The molecular weight excluding hydrogens is 360 g/mol. The van der Waals surface area contributed by atoms with E-state index in [0.717, 1.165) is 40.8 Å². The molecule has 6 heteroatoms. The van der Waals surface area contributed by atoms with Gasteiger partial charge in [-0.1, -0.05) is 23.8 Å². The van der Waals surface area contributed by atoms with Crippen molar-refractivity contribution < 1.29 is 13.2 Å². The van der Waals surface area contributed by atoms with Gasteiger partial charge in [0.15, 0.2) is 0 Å².